The summed E-state index contributed by atoms with van der Waals surface area (Å²) in [4.78, 5) is 0. The van der Waals surface area contributed by atoms with Crippen LogP contribution in [0.15, 0.2) is 17.3 Å². The lowest BCUT2D eigenvalue weighted by molar-refractivity contribution is 0.313. The number of hydrogen-bond acceptors (Lipinski definition) is 3. The van der Waals surface area contributed by atoms with Gasteiger partial charge in [-0.15, -0.1) is 0 Å². The van der Waals surface area contributed by atoms with Crippen molar-refractivity contribution in [3.05, 3.63) is 12.2 Å². The molecule has 4 nitrogen and oxygen atoms in total. The summed E-state index contributed by atoms with van der Waals surface area (Å²) in [7, 11) is 0. The monoisotopic (exact) mass is 209 g/mol. The molecule has 0 aromatic carbocycles. The van der Waals surface area contributed by atoms with Gasteiger partial charge in [0.1, 0.15) is 5.84 Å². The first-order valence-electron chi connectivity index (χ1n) is 5.59. The lowest BCUT2D eigenvalue weighted by atomic mass is 10.0. The van der Waals surface area contributed by atoms with E-state index < -0.39 is 0 Å². The molecule has 0 saturated heterocycles. The second-order valence-corrected chi connectivity index (χ2v) is 4.79. The molecular formula is C11H19N3O. The van der Waals surface area contributed by atoms with Crippen molar-refractivity contribution in [2.75, 3.05) is 6.54 Å². The Bertz CT molecular complexity index is 274. The van der Waals surface area contributed by atoms with E-state index in [4.69, 9.17) is 10.9 Å². The van der Waals surface area contributed by atoms with Gasteiger partial charge in [0.2, 0.25) is 0 Å². The maximum Gasteiger partial charge on any atom is 0.139 e. The van der Waals surface area contributed by atoms with Crippen molar-refractivity contribution in [1.29, 1.82) is 0 Å². The van der Waals surface area contributed by atoms with E-state index in [9.17, 15) is 0 Å². The summed E-state index contributed by atoms with van der Waals surface area (Å²) in [5, 5.41) is 15.1. The van der Waals surface area contributed by atoms with Crippen LogP contribution in [0.5, 0.6) is 0 Å². The molecule has 2 aliphatic rings. The topological polar surface area (TPSA) is 70.6 Å². The average Bonchev–Trinajstić information content (AvgIpc) is 2.81. The highest BCUT2D eigenvalue weighted by Crippen LogP contribution is 2.48. The molecule has 15 heavy (non-hydrogen) atoms. The molecule has 0 spiro atoms. The molecular weight excluding hydrogens is 190 g/mol. The van der Waals surface area contributed by atoms with E-state index in [2.05, 4.69) is 22.6 Å². The minimum Gasteiger partial charge on any atom is -0.409 e. The zero-order valence-electron chi connectivity index (χ0n) is 8.95. The number of amidine groups is 1. The van der Waals surface area contributed by atoms with Crippen molar-refractivity contribution < 1.29 is 5.21 Å². The summed E-state index contributed by atoms with van der Waals surface area (Å²) in [6, 6.07) is 0.606. The van der Waals surface area contributed by atoms with Crippen molar-refractivity contribution in [3.63, 3.8) is 0 Å². The molecule has 4 N–H and O–H groups in total. The molecule has 0 amide bonds. The molecule has 2 rings (SSSR count). The van der Waals surface area contributed by atoms with Crippen LogP contribution in [0.1, 0.15) is 32.1 Å². The molecule has 0 atom stereocenters. The molecule has 1 fully saturated rings. The first-order chi connectivity index (χ1) is 7.24. The van der Waals surface area contributed by atoms with Crippen LogP contribution in [0, 0.1) is 5.41 Å². The third-order valence-corrected chi connectivity index (χ3v) is 3.42. The first-order valence-corrected chi connectivity index (χ1v) is 5.59. The first kappa shape index (κ1) is 10.5. The summed E-state index contributed by atoms with van der Waals surface area (Å²) in [5.41, 5.74) is 5.82. The van der Waals surface area contributed by atoms with Crippen LogP contribution in [0.4, 0.5) is 0 Å². The van der Waals surface area contributed by atoms with Gasteiger partial charge < -0.3 is 16.3 Å². The van der Waals surface area contributed by atoms with E-state index in [0.29, 0.717) is 11.9 Å². The smallest absolute Gasteiger partial charge is 0.139 e. The molecule has 0 aromatic heterocycles. The molecule has 4 heteroatoms. The van der Waals surface area contributed by atoms with Gasteiger partial charge in [0.25, 0.3) is 0 Å². The lowest BCUT2D eigenvalue weighted by Crippen LogP contribution is -2.34. The SMILES string of the molecule is N/C(CC1(CNC2CC=CC2)CC1)=N/O. The second-order valence-electron chi connectivity index (χ2n) is 4.79. The second kappa shape index (κ2) is 4.23. The zero-order valence-corrected chi connectivity index (χ0v) is 8.95. The molecule has 0 aliphatic heterocycles. The fourth-order valence-electron chi connectivity index (χ4n) is 2.16. The Morgan fingerprint density at radius 2 is 2.13 bits per heavy atom. The highest BCUT2D eigenvalue weighted by Gasteiger charge is 2.43. The maximum absolute atomic E-state index is 8.54. The molecule has 0 aromatic rings. The van der Waals surface area contributed by atoms with Crippen LogP contribution in [-0.4, -0.2) is 23.6 Å². The van der Waals surface area contributed by atoms with Crippen LogP contribution in [0.3, 0.4) is 0 Å². The van der Waals surface area contributed by atoms with E-state index in [1.807, 2.05) is 0 Å². The van der Waals surface area contributed by atoms with Crippen molar-refractivity contribution in [2.24, 2.45) is 16.3 Å². The maximum atomic E-state index is 8.54. The van der Waals surface area contributed by atoms with E-state index in [-0.39, 0.29) is 5.41 Å². The Balaban J connectivity index is 1.73. The van der Waals surface area contributed by atoms with Gasteiger partial charge in [-0.2, -0.15) is 0 Å². The summed E-state index contributed by atoms with van der Waals surface area (Å²) in [6.45, 7) is 0.996. The number of oxime groups is 1. The largest absolute Gasteiger partial charge is 0.409 e. The summed E-state index contributed by atoms with van der Waals surface area (Å²) < 4.78 is 0. The van der Waals surface area contributed by atoms with Crippen molar-refractivity contribution in [2.45, 2.75) is 38.1 Å². The number of rotatable bonds is 5. The quantitative estimate of drug-likeness (QED) is 0.209. The predicted octanol–water partition coefficient (Wildman–Crippen LogP) is 1.21. The number of nitrogens with two attached hydrogens (primary N) is 1. The van der Waals surface area contributed by atoms with Crippen LogP contribution >= 0.6 is 0 Å². The van der Waals surface area contributed by atoms with Gasteiger partial charge in [-0.3, -0.25) is 0 Å². The predicted molar refractivity (Wildman–Crippen MR) is 59.9 cm³/mol. The fraction of sp³-hybridized carbons (Fsp3) is 0.727. The molecule has 0 heterocycles. The highest BCUT2D eigenvalue weighted by molar-refractivity contribution is 5.80. The molecule has 0 unspecified atom stereocenters. The third kappa shape index (κ3) is 2.72. The minimum atomic E-state index is 0.277. The highest BCUT2D eigenvalue weighted by atomic mass is 16.4. The van der Waals surface area contributed by atoms with Gasteiger partial charge in [-0.05, 0) is 31.1 Å². The summed E-state index contributed by atoms with van der Waals surface area (Å²) in [5.74, 6) is 0.360. The molecule has 2 aliphatic carbocycles. The molecule has 0 radical (unpaired) electrons. The van der Waals surface area contributed by atoms with Crippen molar-refractivity contribution in [1.82, 2.24) is 5.32 Å². The van der Waals surface area contributed by atoms with Gasteiger partial charge in [0, 0.05) is 19.0 Å². The van der Waals surface area contributed by atoms with Crippen molar-refractivity contribution in [3.8, 4) is 0 Å². The number of nitrogens with zero attached hydrogens (tertiary/aromatic N) is 1. The minimum absolute atomic E-state index is 0.277. The molecule has 84 valence electrons. The van der Waals surface area contributed by atoms with Gasteiger partial charge in [0.05, 0.1) is 0 Å². The summed E-state index contributed by atoms with van der Waals surface area (Å²) in [6.07, 6.45) is 9.82. The average molecular weight is 209 g/mol. The van der Waals surface area contributed by atoms with E-state index in [1.54, 1.807) is 0 Å². The molecule has 1 saturated carbocycles. The van der Waals surface area contributed by atoms with E-state index in [0.717, 1.165) is 25.8 Å². The Hall–Kier alpha value is -1.03. The van der Waals surface area contributed by atoms with E-state index >= 15 is 0 Å². The van der Waals surface area contributed by atoms with Crippen LogP contribution in [0.2, 0.25) is 0 Å². The van der Waals surface area contributed by atoms with E-state index in [1.165, 1.54) is 12.8 Å². The molecule has 0 bridgehead atoms. The Morgan fingerprint density at radius 3 is 2.67 bits per heavy atom. The van der Waals surface area contributed by atoms with Gasteiger partial charge in [-0.25, -0.2) is 0 Å². The standard InChI is InChI=1S/C11H19N3O/c12-10(14-15)7-11(5-6-11)8-13-9-3-1-2-4-9/h1-2,9,13,15H,3-8H2,(H2,12,14). The van der Waals surface area contributed by atoms with Gasteiger partial charge >= 0.3 is 0 Å². The Labute approximate surface area is 90.2 Å². The Morgan fingerprint density at radius 1 is 1.47 bits per heavy atom. The van der Waals surface area contributed by atoms with Crippen LogP contribution in [0.25, 0.3) is 0 Å². The van der Waals surface area contributed by atoms with Crippen LogP contribution < -0.4 is 11.1 Å². The lowest BCUT2D eigenvalue weighted by Gasteiger charge is -2.18. The number of hydrogen-bond donors (Lipinski definition) is 3. The summed E-state index contributed by atoms with van der Waals surface area (Å²) >= 11 is 0. The van der Waals surface area contributed by atoms with Gasteiger partial charge in [-0.1, -0.05) is 17.3 Å². The van der Waals surface area contributed by atoms with Gasteiger partial charge in [0.15, 0.2) is 0 Å². The zero-order chi connectivity index (χ0) is 10.7. The normalized spacial score (nSPS) is 24.7. The Kier molecular flexibility index (Phi) is 2.95. The number of nitrogens with one attached hydrogen (secondary N) is 1. The van der Waals surface area contributed by atoms with Crippen molar-refractivity contribution >= 4 is 5.84 Å². The fourth-order valence-corrected chi connectivity index (χ4v) is 2.16. The van der Waals surface area contributed by atoms with Crippen LogP contribution in [-0.2, 0) is 0 Å². The third-order valence-electron chi connectivity index (χ3n) is 3.42.